The Hall–Kier alpha value is -3.65. The Bertz CT molecular complexity index is 993. The van der Waals surface area contributed by atoms with Crippen LogP contribution in [0.5, 0.6) is 5.75 Å². The minimum Gasteiger partial charge on any atom is -0.489 e. The molecule has 5 nitrogen and oxygen atoms in total. The Morgan fingerprint density at radius 3 is 2.52 bits per heavy atom. The summed E-state index contributed by atoms with van der Waals surface area (Å²) in [7, 11) is 0. The number of benzene rings is 2. The summed E-state index contributed by atoms with van der Waals surface area (Å²) >= 11 is 0. The zero-order valence-corrected chi connectivity index (χ0v) is 16.6. The molecule has 0 radical (unpaired) electrons. The van der Waals surface area contributed by atoms with Crippen LogP contribution < -0.4 is 4.74 Å². The fourth-order valence-corrected chi connectivity index (χ4v) is 2.95. The second-order valence-electron chi connectivity index (χ2n) is 6.97. The van der Waals surface area contributed by atoms with Gasteiger partial charge in [0.1, 0.15) is 12.4 Å². The van der Waals surface area contributed by atoms with E-state index in [0.29, 0.717) is 30.0 Å². The molecule has 1 heterocycles. The third-order valence-corrected chi connectivity index (χ3v) is 4.59. The van der Waals surface area contributed by atoms with Crippen LogP contribution in [0.25, 0.3) is 0 Å². The van der Waals surface area contributed by atoms with Gasteiger partial charge in [0.25, 0.3) is 5.91 Å². The monoisotopic (exact) mass is 385 g/mol. The molecule has 3 aromatic rings. The quantitative estimate of drug-likeness (QED) is 0.597. The highest BCUT2D eigenvalue weighted by atomic mass is 16.5. The Morgan fingerprint density at radius 1 is 1.10 bits per heavy atom. The van der Waals surface area contributed by atoms with E-state index in [1.165, 1.54) is 0 Å². The molecular weight excluding hydrogens is 362 g/mol. The molecule has 0 aliphatic carbocycles. The van der Waals surface area contributed by atoms with Crippen LogP contribution in [0.15, 0.2) is 73.1 Å². The maximum Gasteiger partial charge on any atom is 0.254 e. The molecule has 1 amide bonds. The van der Waals surface area contributed by atoms with Gasteiger partial charge in [-0.25, -0.2) is 0 Å². The summed E-state index contributed by atoms with van der Waals surface area (Å²) in [4.78, 5) is 18.9. The second-order valence-corrected chi connectivity index (χ2v) is 6.97. The van der Waals surface area contributed by atoms with E-state index in [0.717, 1.165) is 11.1 Å². The van der Waals surface area contributed by atoms with E-state index in [-0.39, 0.29) is 11.9 Å². The highest BCUT2D eigenvalue weighted by Gasteiger charge is 2.19. The molecule has 0 spiro atoms. The van der Waals surface area contributed by atoms with Crippen molar-refractivity contribution in [3.05, 3.63) is 95.3 Å². The third-order valence-electron chi connectivity index (χ3n) is 4.59. The largest absolute Gasteiger partial charge is 0.489 e. The second kappa shape index (κ2) is 9.52. The molecule has 0 saturated carbocycles. The molecule has 2 aromatic carbocycles. The number of rotatable bonds is 7. The normalized spacial score (nSPS) is 10.4. The third kappa shape index (κ3) is 5.20. The number of pyridine rings is 1. The van der Waals surface area contributed by atoms with Crippen LogP contribution in [0.3, 0.4) is 0 Å². The minimum absolute atomic E-state index is 0.0368. The van der Waals surface area contributed by atoms with Gasteiger partial charge in [0, 0.05) is 36.1 Å². The first-order valence-corrected chi connectivity index (χ1v) is 9.49. The zero-order valence-electron chi connectivity index (χ0n) is 16.6. The Balaban J connectivity index is 1.68. The summed E-state index contributed by atoms with van der Waals surface area (Å²) in [5.41, 5.74) is 3.03. The maximum absolute atomic E-state index is 13.0. The Kier molecular flexibility index (Phi) is 6.59. The van der Waals surface area contributed by atoms with E-state index in [9.17, 15) is 4.79 Å². The predicted octanol–water partition coefficient (Wildman–Crippen LogP) is 4.58. The lowest BCUT2D eigenvalue weighted by Crippen LogP contribution is -2.36. The summed E-state index contributed by atoms with van der Waals surface area (Å²) in [6, 6.07) is 20.5. The Labute approximate surface area is 171 Å². The molecule has 0 aliphatic heterocycles. The first-order chi connectivity index (χ1) is 14.1. The zero-order chi connectivity index (χ0) is 20.6. The number of amides is 1. The number of aromatic nitrogens is 1. The van der Waals surface area contributed by atoms with E-state index >= 15 is 0 Å². The van der Waals surface area contributed by atoms with Crippen molar-refractivity contribution in [1.29, 1.82) is 5.26 Å². The number of hydrogen-bond donors (Lipinski definition) is 0. The standard InChI is InChI=1S/C24H23N3O2/c1-18(2)27(16-19-6-5-13-26-15-19)24(28)20-9-11-23(12-10-20)29-17-22-8-4-3-7-21(22)14-25/h3-13,15,18H,16-17H2,1-2H3. The van der Waals surface area contributed by atoms with Gasteiger partial charge in [-0.2, -0.15) is 5.26 Å². The molecule has 0 aliphatic rings. The average Bonchev–Trinajstić information content (AvgIpc) is 2.76. The lowest BCUT2D eigenvalue weighted by atomic mass is 10.1. The van der Waals surface area contributed by atoms with Crippen LogP contribution in [-0.2, 0) is 13.2 Å². The molecule has 5 heteroatoms. The van der Waals surface area contributed by atoms with Gasteiger partial charge >= 0.3 is 0 Å². The van der Waals surface area contributed by atoms with E-state index in [4.69, 9.17) is 10.00 Å². The number of hydrogen-bond acceptors (Lipinski definition) is 4. The number of nitrogens with zero attached hydrogens (tertiary/aromatic N) is 3. The molecular formula is C24H23N3O2. The fourth-order valence-electron chi connectivity index (χ4n) is 2.95. The molecule has 0 saturated heterocycles. The number of carbonyl (C=O) groups is 1. The number of ether oxygens (including phenoxy) is 1. The summed E-state index contributed by atoms with van der Waals surface area (Å²) in [5.74, 6) is 0.614. The molecule has 29 heavy (non-hydrogen) atoms. The number of carbonyl (C=O) groups excluding carboxylic acids is 1. The van der Waals surface area contributed by atoms with Gasteiger partial charge in [-0.05, 0) is 55.8 Å². The van der Waals surface area contributed by atoms with Crippen LogP contribution in [0.4, 0.5) is 0 Å². The molecule has 0 bridgehead atoms. The highest BCUT2D eigenvalue weighted by Crippen LogP contribution is 2.18. The van der Waals surface area contributed by atoms with Crippen molar-refractivity contribution in [2.45, 2.75) is 33.0 Å². The van der Waals surface area contributed by atoms with E-state index in [1.54, 1.807) is 42.7 Å². The molecule has 3 rings (SSSR count). The summed E-state index contributed by atoms with van der Waals surface area (Å²) < 4.78 is 5.79. The van der Waals surface area contributed by atoms with Crippen LogP contribution in [0.2, 0.25) is 0 Å². The number of nitriles is 1. The Morgan fingerprint density at radius 2 is 1.86 bits per heavy atom. The highest BCUT2D eigenvalue weighted by molar-refractivity contribution is 5.94. The van der Waals surface area contributed by atoms with Crippen LogP contribution in [0, 0.1) is 11.3 Å². The van der Waals surface area contributed by atoms with Gasteiger partial charge in [0.05, 0.1) is 11.6 Å². The van der Waals surface area contributed by atoms with Crippen molar-refractivity contribution in [3.8, 4) is 11.8 Å². The molecule has 146 valence electrons. The van der Waals surface area contributed by atoms with Gasteiger partial charge in [0.2, 0.25) is 0 Å². The lowest BCUT2D eigenvalue weighted by molar-refractivity contribution is 0.0690. The minimum atomic E-state index is -0.0368. The van der Waals surface area contributed by atoms with Crippen molar-refractivity contribution in [3.63, 3.8) is 0 Å². The first-order valence-electron chi connectivity index (χ1n) is 9.49. The van der Waals surface area contributed by atoms with Crippen molar-refractivity contribution >= 4 is 5.91 Å². The van der Waals surface area contributed by atoms with Crippen molar-refractivity contribution < 1.29 is 9.53 Å². The van der Waals surface area contributed by atoms with E-state index in [1.807, 2.05) is 49.1 Å². The smallest absolute Gasteiger partial charge is 0.254 e. The lowest BCUT2D eigenvalue weighted by Gasteiger charge is -2.27. The van der Waals surface area contributed by atoms with Crippen LogP contribution in [-0.4, -0.2) is 21.8 Å². The summed E-state index contributed by atoms with van der Waals surface area (Å²) in [5, 5.41) is 9.16. The molecule has 1 aromatic heterocycles. The average molecular weight is 385 g/mol. The van der Waals surface area contributed by atoms with Gasteiger partial charge in [-0.3, -0.25) is 9.78 Å². The van der Waals surface area contributed by atoms with Crippen molar-refractivity contribution in [2.24, 2.45) is 0 Å². The molecule has 0 atom stereocenters. The fraction of sp³-hybridized carbons (Fsp3) is 0.208. The SMILES string of the molecule is CC(C)N(Cc1cccnc1)C(=O)c1ccc(OCc2ccccc2C#N)cc1. The topological polar surface area (TPSA) is 66.2 Å². The van der Waals surface area contributed by atoms with Crippen molar-refractivity contribution in [1.82, 2.24) is 9.88 Å². The summed E-state index contributed by atoms with van der Waals surface area (Å²) in [6.45, 7) is 4.81. The van der Waals surface area contributed by atoms with Gasteiger partial charge in [-0.15, -0.1) is 0 Å². The maximum atomic E-state index is 13.0. The molecule has 0 fully saturated rings. The van der Waals surface area contributed by atoms with Crippen molar-refractivity contribution in [2.75, 3.05) is 0 Å². The summed E-state index contributed by atoms with van der Waals surface area (Å²) in [6.07, 6.45) is 3.50. The van der Waals surface area contributed by atoms with Gasteiger partial charge in [0.15, 0.2) is 0 Å². The van der Waals surface area contributed by atoms with Crippen LogP contribution in [0.1, 0.15) is 40.9 Å². The molecule has 0 N–H and O–H groups in total. The van der Waals surface area contributed by atoms with Crippen LogP contribution >= 0.6 is 0 Å². The van der Waals surface area contributed by atoms with E-state index < -0.39 is 0 Å². The van der Waals surface area contributed by atoms with Gasteiger partial charge < -0.3 is 9.64 Å². The first kappa shape index (κ1) is 20.1. The van der Waals surface area contributed by atoms with E-state index in [2.05, 4.69) is 11.1 Å². The van der Waals surface area contributed by atoms with Gasteiger partial charge in [-0.1, -0.05) is 24.3 Å². The predicted molar refractivity (Wildman–Crippen MR) is 111 cm³/mol. The molecule has 0 unspecified atom stereocenters.